The molecule has 0 N–H and O–H groups in total. The summed E-state index contributed by atoms with van der Waals surface area (Å²) in [6, 6.07) is 82.8. The van der Waals surface area contributed by atoms with Gasteiger partial charge in [-0.2, -0.15) is 0 Å². The van der Waals surface area contributed by atoms with Gasteiger partial charge in [0.2, 0.25) is 0 Å². The van der Waals surface area contributed by atoms with E-state index in [2.05, 4.69) is 224 Å². The van der Waals surface area contributed by atoms with Gasteiger partial charge in [0.05, 0.1) is 14.1 Å². The zero-order chi connectivity index (χ0) is 48.6. The van der Waals surface area contributed by atoms with Crippen molar-refractivity contribution >= 4 is 41.7 Å². The van der Waals surface area contributed by atoms with Crippen molar-refractivity contribution < 1.29 is 0 Å². The van der Waals surface area contributed by atoms with Gasteiger partial charge in [0.25, 0.3) is 0 Å². The normalized spacial score (nSPS) is 14.7. The fourth-order valence-corrected chi connectivity index (χ4v) is 11.3. The monoisotopic (exact) mass is 943 g/mol. The first-order valence-corrected chi connectivity index (χ1v) is 28.3. The van der Waals surface area contributed by atoms with Gasteiger partial charge in [-0.1, -0.05) is 207 Å². The maximum absolute atomic E-state index is 4.99. The smallest absolute Gasteiger partial charge is 0.164 e. The molecular formula is C66H53N5Si. The summed E-state index contributed by atoms with van der Waals surface area (Å²) in [6.07, 6.45) is 9.04. The second-order valence-electron chi connectivity index (χ2n) is 19.7. The summed E-state index contributed by atoms with van der Waals surface area (Å²) in [7, 11) is -1.38. The van der Waals surface area contributed by atoms with Crippen molar-refractivity contribution in [1.82, 2.24) is 15.0 Å². The third-order valence-electron chi connectivity index (χ3n) is 14.1. The van der Waals surface area contributed by atoms with Crippen molar-refractivity contribution in [1.29, 1.82) is 0 Å². The lowest BCUT2D eigenvalue weighted by molar-refractivity contribution is 0.745. The standard InChI is InChI=1S/C66H53N5Si/c1-72(2,3)59-42-31-49(32-43-59)48-25-36-56(37-26-48)70(55-34-23-47(24-35-55)46-15-7-4-8-16-46)57-38-27-50(28-39-57)54-33-44-63-61(45-54)60-21-13-14-22-62(60)71(63)58-40-29-53(30-41-58)66-68-64(51-17-9-5-10-18-51)67-65(69-66)52-19-11-6-12-20-52/h4-45,60,62H,1-3H3. The molecule has 1 aromatic heterocycles. The van der Waals surface area contributed by atoms with Gasteiger partial charge >= 0.3 is 0 Å². The average Bonchev–Trinajstić information content (AvgIpc) is 3.78. The number of rotatable bonds is 11. The van der Waals surface area contributed by atoms with E-state index in [9.17, 15) is 0 Å². The van der Waals surface area contributed by atoms with E-state index in [0.29, 0.717) is 17.5 Å². The molecule has 5 nitrogen and oxygen atoms in total. The van der Waals surface area contributed by atoms with Crippen LogP contribution in [0.1, 0.15) is 11.5 Å². The summed E-state index contributed by atoms with van der Waals surface area (Å²) in [4.78, 5) is 19.7. The molecule has 2 unspecified atom stereocenters. The van der Waals surface area contributed by atoms with Gasteiger partial charge in [0, 0.05) is 51.0 Å². The second-order valence-corrected chi connectivity index (χ2v) is 24.8. The predicted octanol–water partition coefficient (Wildman–Crippen LogP) is 16.6. The highest BCUT2D eigenvalue weighted by Gasteiger charge is 2.37. The summed E-state index contributed by atoms with van der Waals surface area (Å²) in [5.74, 6) is 2.16. The molecule has 0 saturated carbocycles. The maximum Gasteiger partial charge on any atom is 0.164 e. The third-order valence-corrected chi connectivity index (χ3v) is 16.1. The molecule has 0 spiro atoms. The Morgan fingerprint density at radius 1 is 0.375 bits per heavy atom. The lowest BCUT2D eigenvalue weighted by Gasteiger charge is -2.28. The van der Waals surface area contributed by atoms with E-state index in [1.807, 2.05) is 60.7 Å². The molecule has 9 aromatic carbocycles. The van der Waals surface area contributed by atoms with Crippen LogP contribution >= 0.6 is 0 Å². The molecule has 0 bridgehead atoms. The maximum atomic E-state index is 4.99. The van der Waals surface area contributed by atoms with Crippen LogP contribution in [0.25, 0.3) is 67.5 Å². The van der Waals surface area contributed by atoms with E-state index in [1.54, 1.807) is 0 Å². The van der Waals surface area contributed by atoms with E-state index in [-0.39, 0.29) is 12.0 Å². The second kappa shape index (κ2) is 18.9. The Balaban J connectivity index is 0.848. The molecule has 1 aliphatic carbocycles. The van der Waals surface area contributed by atoms with Crippen molar-refractivity contribution in [3.63, 3.8) is 0 Å². The summed E-state index contributed by atoms with van der Waals surface area (Å²) in [5.41, 5.74) is 17.0. The van der Waals surface area contributed by atoms with E-state index in [4.69, 9.17) is 15.0 Å². The molecule has 10 aromatic rings. The minimum absolute atomic E-state index is 0.151. The number of anilines is 5. The average molecular weight is 944 g/mol. The molecule has 0 fully saturated rings. The lowest BCUT2D eigenvalue weighted by Crippen LogP contribution is -2.37. The fourth-order valence-electron chi connectivity index (χ4n) is 10.2. The molecule has 0 amide bonds. The van der Waals surface area contributed by atoms with Crippen LogP contribution in [-0.4, -0.2) is 29.1 Å². The van der Waals surface area contributed by atoms with Gasteiger partial charge in [0.15, 0.2) is 17.5 Å². The Kier molecular flexibility index (Phi) is 11.7. The zero-order valence-corrected chi connectivity index (χ0v) is 41.6. The van der Waals surface area contributed by atoms with Gasteiger partial charge in [-0.3, -0.25) is 0 Å². The summed E-state index contributed by atoms with van der Waals surface area (Å²) < 4.78 is 0. The molecule has 6 heteroatoms. The van der Waals surface area contributed by atoms with E-state index in [1.165, 1.54) is 49.8 Å². The van der Waals surface area contributed by atoms with E-state index in [0.717, 1.165) is 39.4 Å². The van der Waals surface area contributed by atoms with Gasteiger partial charge < -0.3 is 9.80 Å². The highest BCUT2D eigenvalue weighted by molar-refractivity contribution is 6.88. The number of benzene rings is 9. The largest absolute Gasteiger partial charge is 0.333 e. The highest BCUT2D eigenvalue weighted by atomic mass is 28.3. The molecule has 2 atom stereocenters. The van der Waals surface area contributed by atoms with Crippen LogP contribution < -0.4 is 15.0 Å². The molecule has 72 heavy (non-hydrogen) atoms. The fraction of sp³-hybridized carbons (Fsp3) is 0.0758. The van der Waals surface area contributed by atoms with Crippen molar-refractivity contribution in [2.75, 3.05) is 9.80 Å². The first kappa shape index (κ1) is 44.5. The Hall–Kier alpha value is -8.71. The minimum Gasteiger partial charge on any atom is -0.333 e. The number of aromatic nitrogens is 3. The predicted molar refractivity (Wildman–Crippen MR) is 303 cm³/mol. The SMILES string of the molecule is C[Si](C)(C)c1ccc(-c2ccc(N(c3ccc(-c4ccccc4)cc3)c3ccc(-c4ccc5c(c4)C4C=CC=CC4N5c4ccc(-c5nc(-c6ccccc6)nc(-c6ccccc6)n5)cc4)cc3)cc2)cc1. The number of hydrogen-bond acceptors (Lipinski definition) is 5. The molecule has 0 saturated heterocycles. The van der Waals surface area contributed by atoms with Crippen LogP contribution in [0, 0.1) is 0 Å². The number of hydrogen-bond donors (Lipinski definition) is 0. The van der Waals surface area contributed by atoms with Crippen molar-refractivity contribution in [3.8, 4) is 67.5 Å². The molecule has 2 heterocycles. The Morgan fingerprint density at radius 3 is 1.22 bits per heavy atom. The first-order valence-electron chi connectivity index (χ1n) is 24.8. The van der Waals surface area contributed by atoms with Crippen molar-refractivity contribution in [2.45, 2.75) is 31.6 Å². The van der Waals surface area contributed by atoms with Crippen LogP contribution in [0.5, 0.6) is 0 Å². The van der Waals surface area contributed by atoms with Crippen LogP contribution in [0.3, 0.4) is 0 Å². The minimum atomic E-state index is -1.38. The highest BCUT2D eigenvalue weighted by Crippen LogP contribution is 2.49. The Morgan fingerprint density at radius 2 is 0.750 bits per heavy atom. The molecule has 2 aliphatic rings. The summed E-state index contributed by atoms with van der Waals surface area (Å²) >= 11 is 0. The Labute approximate surface area is 423 Å². The van der Waals surface area contributed by atoms with Gasteiger partial charge in [0.1, 0.15) is 0 Å². The Bertz CT molecular complexity index is 3510. The summed E-state index contributed by atoms with van der Waals surface area (Å²) in [5, 5.41) is 1.47. The molecule has 0 radical (unpaired) electrons. The molecule has 12 rings (SSSR count). The quantitative estimate of drug-likeness (QED) is 0.121. The topological polar surface area (TPSA) is 45.2 Å². The molecular weight excluding hydrogens is 891 g/mol. The van der Waals surface area contributed by atoms with Gasteiger partial charge in [-0.25, -0.2) is 15.0 Å². The van der Waals surface area contributed by atoms with Crippen LogP contribution in [-0.2, 0) is 0 Å². The summed E-state index contributed by atoms with van der Waals surface area (Å²) in [6.45, 7) is 7.19. The van der Waals surface area contributed by atoms with E-state index >= 15 is 0 Å². The van der Waals surface area contributed by atoms with Crippen LogP contribution in [0.15, 0.2) is 255 Å². The molecule has 1 aliphatic heterocycles. The number of allylic oxidation sites excluding steroid dienone is 2. The van der Waals surface area contributed by atoms with E-state index < -0.39 is 8.07 Å². The lowest BCUT2D eigenvalue weighted by atomic mass is 9.89. The van der Waals surface area contributed by atoms with Crippen LogP contribution in [0.2, 0.25) is 19.6 Å². The third kappa shape index (κ3) is 8.78. The van der Waals surface area contributed by atoms with Crippen molar-refractivity contribution in [2.24, 2.45) is 0 Å². The van der Waals surface area contributed by atoms with Gasteiger partial charge in [-0.05, 0) is 112 Å². The first-order chi connectivity index (χ1) is 35.3. The number of fused-ring (bicyclic) bond motifs is 3. The van der Waals surface area contributed by atoms with Crippen molar-refractivity contribution in [3.05, 3.63) is 260 Å². The zero-order valence-electron chi connectivity index (χ0n) is 40.6. The number of nitrogens with zero attached hydrogens (tertiary/aromatic N) is 5. The van der Waals surface area contributed by atoms with Crippen LogP contribution in [0.4, 0.5) is 28.4 Å². The molecule has 346 valence electrons. The van der Waals surface area contributed by atoms with Gasteiger partial charge in [-0.15, -0.1) is 0 Å².